The van der Waals surface area contributed by atoms with Crippen molar-refractivity contribution in [2.24, 2.45) is 0 Å². The van der Waals surface area contributed by atoms with Crippen molar-refractivity contribution in [2.75, 3.05) is 5.32 Å². The lowest BCUT2D eigenvalue weighted by molar-refractivity contribution is 1.14. The first-order valence-electron chi connectivity index (χ1n) is 5.50. The number of anilines is 1. The monoisotopic (exact) mass is 431 g/mol. The minimum atomic E-state index is 0.791. The topological polar surface area (TPSA) is 12.0 Å². The summed E-state index contributed by atoms with van der Waals surface area (Å²) in [5.41, 5.74) is 3.55. The molecule has 94 valence electrons. The second-order valence-corrected chi connectivity index (χ2v) is 6.71. The second-order valence-electron chi connectivity index (χ2n) is 4.09. The third-order valence-corrected chi connectivity index (χ3v) is 4.29. The molecule has 0 saturated carbocycles. The molecule has 2 aromatic carbocycles. The van der Waals surface area contributed by atoms with E-state index in [1.807, 2.05) is 12.1 Å². The summed E-state index contributed by atoms with van der Waals surface area (Å²) in [5.74, 6) is 0. The Balaban J connectivity index is 2.16. The van der Waals surface area contributed by atoms with Gasteiger partial charge in [0.25, 0.3) is 0 Å². The summed E-state index contributed by atoms with van der Waals surface area (Å²) in [6.45, 7) is 2.87. The standard InChI is InChI=1S/C14H12Br3N/c1-9-5-12(16)14(13(17)6-9)18-8-10-3-2-4-11(15)7-10/h2-7,18H,8H2,1H3. The summed E-state index contributed by atoms with van der Waals surface area (Å²) in [4.78, 5) is 0. The molecule has 0 aliphatic rings. The quantitative estimate of drug-likeness (QED) is 0.635. The van der Waals surface area contributed by atoms with E-state index in [0.717, 1.165) is 25.7 Å². The fraction of sp³-hybridized carbons (Fsp3) is 0.143. The molecule has 2 rings (SSSR count). The van der Waals surface area contributed by atoms with E-state index < -0.39 is 0 Å². The molecule has 1 nitrogen and oxygen atoms in total. The number of halogens is 3. The molecule has 4 heteroatoms. The molecule has 0 heterocycles. The normalized spacial score (nSPS) is 10.4. The number of hydrogen-bond acceptors (Lipinski definition) is 1. The Hall–Kier alpha value is -0.320. The van der Waals surface area contributed by atoms with Crippen LogP contribution in [0.4, 0.5) is 5.69 Å². The Morgan fingerprint density at radius 3 is 2.28 bits per heavy atom. The minimum Gasteiger partial charge on any atom is -0.379 e. The largest absolute Gasteiger partial charge is 0.379 e. The lowest BCUT2D eigenvalue weighted by Gasteiger charge is -2.12. The van der Waals surface area contributed by atoms with Gasteiger partial charge in [0.15, 0.2) is 0 Å². The molecule has 0 atom stereocenters. The molecule has 0 fully saturated rings. The second kappa shape index (κ2) is 6.22. The van der Waals surface area contributed by atoms with Crippen molar-refractivity contribution in [3.63, 3.8) is 0 Å². The van der Waals surface area contributed by atoms with Crippen molar-refractivity contribution >= 4 is 53.5 Å². The molecule has 0 bridgehead atoms. The van der Waals surface area contributed by atoms with Crippen LogP contribution in [0.15, 0.2) is 49.8 Å². The zero-order valence-electron chi connectivity index (χ0n) is 9.81. The van der Waals surface area contributed by atoms with Crippen LogP contribution in [0.25, 0.3) is 0 Å². The molecule has 0 radical (unpaired) electrons. The van der Waals surface area contributed by atoms with Gasteiger partial charge in [0.05, 0.1) is 5.69 Å². The van der Waals surface area contributed by atoms with Gasteiger partial charge in [-0.3, -0.25) is 0 Å². The van der Waals surface area contributed by atoms with Crippen LogP contribution in [-0.4, -0.2) is 0 Å². The summed E-state index contributed by atoms with van der Waals surface area (Å²) in [6, 6.07) is 12.5. The number of nitrogens with one attached hydrogen (secondary N) is 1. The van der Waals surface area contributed by atoms with Gasteiger partial charge in [0.2, 0.25) is 0 Å². The molecule has 0 unspecified atom stereocenters. The highest BCUT2D eigenvalue weighted by molar-refractivity contribution is 9.11. The Bertz CT molecular complexity index is 544. The van der Waals surface area contributed by atoms with Crippen LogP contribution in [0, 0.1) is 6.92 Å². The van der Waals surface area contributed by atoms with Crippen molar-refractivity contribution in [1.29, 1.82) is 0 Å². The van der Waals surface area contributed by atoms with Gasteiger partial charge in [-0.05, 0) is 74.2 Å². The third-order valence-electron chi connectivity index (χ3n) is 2.54. The van der Waals surface area contributed by atoms with E-state index in [1.165, 1.54) is 11.1 Å². The van der Waals surface area contributed by atoms with Crippen LogP contribution in [0.1, 0.15) is 11.1 Å². The van der Waals surface area contributed by atoms with Crippen molar-refractivity contribution < 1.29 is 0 Å². The van der Waals surface area contributed by atoms with Crippen LogP contribution in [0.2, 0.25) is 0 Å². The number of aryl methyl sites for hydroxylation is 1. The van der Waals surface area contributed by atoms with Crippen LogP contribution in [0.3, 0.4) is 0 Å². The third kappa shape index (κ3) is 3.59. The smallest absolute Gasteiger partial charge is 0.0631 e. The minimum absolute atomic E-state index is 0.791. The predicted octanol–water partition coefficient (Wildman–Crippen LogP) is 5.89. The van der Waals surface area contributed by atoms with Gasteiger partial charge in [0, 0.05) is 20.0 Å². The maximum absolute atomic E-state index is 3.58. The van der Waals surface area contributed by atoms with Crippen molar-refractivity contribution in [3.8, 4) is 0 Å². The number of hydrogen-bond donors (Lipinski definition) is 1. The van der Waals surface area contributed by atoms with Crippen molar-refractivity contribution in [2.45, 2.75) is 13.5 Å². The number of benzene rings is 2. The molecule has 0 aliphatic heterocycles. The van der Waals surface area contributed by atoms with E-state index in [2.05, 4.69) is 84.3 Å². The van der Waals surface area contributed by atoms with E-state index in [0.29, 0.717) is 0 Å². The molecular formula is C14H12Br3N. The van der Waals surface area contributed by atoms with E-state index in [4.69, 9.17) is 0 Å². The molecule has 0 aliphatic carbocycles. The first kappa shape index (κ1) is 14.1. The first-order valence-corrected chi connectivity index (χ1v) is 7.88. The van der Waals surface area contributed by atoms with Gasteiger partial charge >= 0.3 is 0 Å². The van der Waals surface area contributed by atoms with E-state index in [9.17, 15) is 0 Å². The molecule has 0 saturated heterocycles. The maximum Gasteiger partial charge on any atom is 0.0631 e. The van der Waals surface area contributed by atoms with E-state index in [-0.39, 0.29) is 0 Å². The molecular weight excluding hydrogens is 422 g/mol. The van der Waals surface area contributed by atoms with Crippen LogP contribution in [0.5, 0.6) is 0 Å². The first-order chi connectivity index (χ1) is 8.56. The average Bonchev–Trinajstić information content (AvgIpc) is 2.27. The zero-order valence-corrected chi connectivity index (χ0v) is 14.6. The lowest BCUT2D eigenvalue weighted by Crippen LogP contribution is -2.01. The van der Waals surface area contributed by atoms with Crippen LogP contribution >= 0.6 is 47.8 Å². The molecule has 0 spiro atoms. The summed E-state index contributed by atoms with van der Waals surface area (Å²) < 4.78 is 3.25. The van der Waals surface area contributed by atoms with Crippen LogP contribution in [-0.2, 0) is 6.54 Å². The number of rotatable bonds is 3. The highest BCUT2D eigenvalue weighted by Crippen LogP contribution is 2.32. The SMILES string of the molecule is Cc1cc(Br)c(NCc2cccc(Br)c2)c(Br)c1. The Morgan fingerprint density at radius 2 is 1.67 bits per heavy atom. The molecule has 0 amide bonds. The van der Waals surface area contributed by atoms with Crippen LogP contribution < -0.4 is 5.32 Å². The zero-order chi connectivity index (χ0) is 13.1. The Morgan fingerprint density at radius 1 is 1.00 bits per heavy atom. The van der Waals surface area contributed by atoms with Gasteiger partial charge in [0.1, 0.15) is 0 Å². The van der Waals surface area contributed by atoms with Gasteiger partial charge in [-0.1, -0.05) is 28.1 Å². The summed E-state index contributed by atoms with van der Waals surface area (Å²) >= 11 is 10.6. The molecule has 0 aromatic heterocycles. The van der Waals surface area contributed by atoms with Gasteiger partial charge in [-0.15, -0.1) is 0 Å². The van der Waals surface area contributed by atoms with E-state index in [1.54, 1.807) is 0 Å². The summed E-state index contributed by atoms with van der Waals surface area (Å²) in [6.07, 6.45) is 0. The molecule has 2 aromatic rings. The summed E-state index contributed by atoms with van der Waals surface area (Å²) in [7, 11) is 0. The maximum atomic E-state index is 3.58. The van der Waals surface area contributed by atoms with Gasteiger partial charge in [-0.25, -0.2) is 0 Å². The average molecular weight is 434 g/mol. The highest BCUT2D eigenvalue weighted by atomic mass is 79.9. The summed E-state index contributed by atoms with van der Waals surface area (Å²) in [5, 5.41) is 3.44. The fourth-order valence-electron chi connectivity index (χ4n) is 1.71. The van der Waals surface area contributed by atoms with Gasteiger partial charge < -0.3 is 5.32 Å². The fourth-order valence-corrected chi connectivity index (χ4v) is 3.85. The van der Waals surface area contributed by atoms with Crippen molar-refractivity contribution in [3.05, 3.63) is 60.9 Å². The van der Waals surface area contributed by atoms with E-state index >= 15 is 0 Å². The lowest BCUT2D eigenvalue weighted by atomic mass is 10.2. The molecule has 18 heavy (non-hydrogen) atoms. The predicted molar refractivity (Wildman–Crippen MR) is 88.0 cm³/mol. The van der Waals surface area contributed by atoms with Gasteiger partial charge in [-0.2, -0.15) is 0 Å². The molecule has 1 N–H and O–H groups in total. The highest BCUT2D eigenvalue weighted by Gasteiger charge is 2.05. The Kier molecular flexibility index (Phi) is 4.87. The van der Waals surface area contributed by atoms with Crippen molar-refractivity contribution in [1.82, 2.24) is 0 Å². The Labute approximate surface area is 132 Å².